The molecule has 0 unspecified atom stereocenters. The van der Waals surface area contributed by atoms with E-state index in [9.17, 15) is 4.79 Å². The number of ether oxygens (including phenoxy) is 2. The van der Waals surface area contributed by atoms with E-state index in [1.807, 2.05) is 18.2 Å². The van der Waals surface area contributed by atoms with Crippen LogP contribution in [0.4, 0.5) is 5.95 Å². The molecule has 3 aliphatic heterocycles. The highest BCUT2D eigenvalue weighted by atomic mass is 35.5. The van der Waals surface area contributed by atoms with E-state index in [1.165, 1.54) is 39.5 Å². The van der Waals surface area contributed by atoms with E-state index in [4.69, 9.17) is 37.7 Å². The largest absolute Gasteiger partial charge is 0.469 e. The molecule has 0 amide bonds. The van der Waals surface area contributed by atoms with Crippen LogP contribution in [0, 0.1) is 11.3 Å². The molecule has 0 saturated carbocycles. The molecular weight excluding hydrogens is 599 g/mol. The smallest absolute Gasteiger partial charge is 0.305 e. The second-order valence-corrected chi connectivity index (χ2v) is 13.5. The van der Waals surface area contributed by atoms with E-state index < -0.39 is 0 Å². The normalized spacial score (nSPS) is 19.4. The third kappa shape index (κ3) is 7.62. The molecule has 3 fully saturated rings. The van der Waals surface area contributed by atoms with Gasteiger partial charge in [0.2, 0.25) is 11.8 Å². The molecule has 3 saturated heterocycles. The maximum atomic E-state index is 11.7. The second-order valence-electron chi connectivity index (χ2n) is 12.7. The molecule has 3 aromatic rings. The molecule has 0 radical (unpaired) electrons. The number of hydrogen-bond donors (Lipinski definition) is 0. The van der Waals surface area contributed by atoms with Crippen molar-refractivity contribution in [1.29, 1.82) is 0 Å². The summed E-state index contributed by atoms with van der Waals surface area (Å²) in [5, 5.41) is 1.09. The number of rotatable bonds is 8. The Morgan fingerprint density at radius 1 is 0.955 bits per heavy atom. The number of aromatic nitrogens is 3. The van der Waals surface area contributed by atoms with Crippen LogP contribution in [0.2, 0.25) is 10.0 Å². The van der Waals surface area contributed by atoms with Crippen LogP contribution in [0.5, 0.6) is 11.6 Å². The lowest BCUT2D eigenvalue weighted by atomic mass is 9.78. The van der Waals surface area contributed by atoms with Crippen LogP contribution in [-0.2, 0) is 16.1 Å². The van der Waals surface area contributed by atoms with E-state index in [0.29, 0.717) is 39.4 Å². The molecule has 0 atom stereocenters. The summed E-state index contributed by atoms with van der Waals surface area (Å²) in [6, 6.07) is 9.43. The molecule has 3 aliphatic rings. The first kappa shape index (κ1) is 31.0. The van der Waals surface area contributed by atoms with Gasteiger partial charge in [-0.3, -0.25) is 9.69 Å². The van der Waals surface area contributed by atoms with Crippen LogP contribution in [0.3, 0.4) is 0 Å². The highest BCUT2D eigenvalue weighted by Crippen LogP contribution is 2.40. The average molecular weight is 640 g/mol. The molecule has 1 spiro atoms. The second kappa shape index (κ2) is 13.6. The summed E-state index contributed by atoms with van der Waals surface area (Å²) < 4.78 is 11.1. The SMILES string of the molecule is COC(=O)CC1CCN(Cc2cc(Oc3cnc(N4CCC5(CCN(C)C5)CC4)nc3)nc(-c3cc(Cl)cc(Cl)c3)c2)CC1. The van der Waals surface area contributed by atoms with Gasteiger partial charge in [-0.25, -0.2) is 15.0 Å². The topological polar surface area (TPSA) is 83.9 Å². The number of carbonyl (C=O) groups is 1. The van der Waals surface area contributed by atoms with Crippen molar-refractivity contribution in [3.05, 3.63) is 58.3 Å². The number of likely N-dealkylation sites (tertiary alicyclic amines) is 2. The average Bonchev–Trinajstić information content (AvgIpc) is 3.37. The zero-order valence-electron chi connectivity index (χ0n) is 25.5. The molecule has 2 aromatic heterocycles. The third-order valence-corrected chi connectivity index (χ3v) is 9.83. The lowest BCUT2D eigenvalue weighted by Gasteiger charge is -2.39. The fraction of sp³-hybridized carbons (Fsp3) is 0.515. The first-order chi connectivity index (χ1) is 21.3. The lowest BCUT2D eigenvalue weighted by Crippen LogP contribution is -2.42. The molecule has 0 N–H and O–H groups in total. The predicted octanol–water partition coefficient (Wildman–Crippen LogP) is 6.33. The lowest BCUT2D eigenvalue weighted by molar-refractivity contribution is -0.142. The summed E-state index contributed by atoms with van der Waals surface area (Å²) in [5.41, 5.74) is 3.05. The molecule has 5 heterocycles. The van der Waals surface area contributed by atoms with Gasteiger partial charge in [0.1, 0.15) is 0 Å². The van der Waals surface area contributed by atoms with Crippen LogP contribution < -0.4 is 9.64 Å². The van der Waals surface area contributed by atoms with Gasteiger partial charge < -0.3 is 19.3 Å². The minimum absolute atomic E-state index is 0.136. The molecular formula is C33H40Cl2N6O3. The maximum Gasteiger partial charge on any atom is 0.305 e. The van der Waals surface area contributed by atoms with Crippen LogP contribution in [0.1, 0.15) is 44.1 Å². The Morgan fingerprint density at radius 2 is 1.64 bits per heavy atom. The van der Waals surface area contributed by atoms with Crippen molar-refractivity contribution in [3.63, 3.8) is 0 Å². The number of piperidine rings is 2. The van der Waals surface area contributed by atoms with Gasteiger partial charge in [-0.1, -0.05) is 23.2 Å². The van der Waals surface area contributed by atoms with Crippen molar-refractivity contribution in [3.8, 4) is 22.9 Å². The number of methoxy groups -OCH3 is 1. The molecule has 6 rings (SSSR count). The van der Waals surface area contributed by atoms with Gasteiger partial charge in [-0.15, -0.1) is 0 Å². The quantitative estimate of drug-likeness (QED) is 0.263. The van der Waals surface area contributed by atoms with Crippen LogP contribution in [0.15, 0.2) is 42.7 Å². The highest BCUT2D eigenvalue weighted by Gasteiger charge is 2.39. The molecule has 0 bridgehead atoms. The van der Waals surface area contributed by atoms with E-state index >= 15 is 0 Å². The first-order valence-corrected chi connectivity index (χ1v) is 16.2. The summed E-state index contributed by atoms with van der Waals surface area (Å²) >= 11 is 12.7. The highest BCUT2D eigenvalue weighted by molar-refractivity contribution is 6.35. The van der Waals surface area contributed by atoms with Gasteiger partial charge in [0.05, 0.1) is 25.2 Å². The number of halogens is 2. The predicted molar refractivity (Wildman–Crippen MR) is 172 cm³/mol. The number of carbonyl (C=O) groups excluding carboxylic acids is 1. The minimum atomic E-state index is -0.136. The van der Waals surface area contributed by atoms with Gasteiger partial charge in [-0.05, 0) is 99.9 Å². The number of pyridine rings is 1. The Balaban J connectivity index is 1.15. The monoisotopic (exact) mass is 638 g/mol. The van der Waals surface area contributed by atoms with Gasteiger partial charge in [0.15, 0.2) is 5.75 Å². The summed E-state index contributed by atoms with van der Waals surface area (Å²) in [6.45, 7) is 6.88. The Morgan fingerprint density at radius 3 is 2.27 bits per heavy atom. The Bertz CT molecular complexity index is 1440. The molecule has 11 heteroatoms. The molecule has 9 nitrogen and oxygen atoms in total. The number of esters is 1. The van der Waals surface area contributed by atoms with Crippen molar-refractivity contribution in [2.45, 2.75) is 45.1 Å². The standard InChI is InChI=1S/C33H40Cl2N6O3/c1-39-10-5-33(22-39)6-11-41(12-7-33)32-36-19-28(20-37-32)44-30-14-24(13-29(38-30)25-16-26(34)18-27(35)17-25)21-40-8-3-23(4-9-40)15-31(42)43-2/h13-14,16-20,23H,3-12,15,21-22H2,1-2H3. The van der Waals surface area contributed by atoms with Crippen molar-refractivity contribution in [1.82, 2.24) is 24.8 Å². The van der Waals surface area contributed by atoms with Gasteiger partial charge in [0, 0.05) is 54.3 Å². The fourth-order valence-corrected chi connectivity index (χ4v) is 7.40. The zero-order chi connectivity index (χ0) is 30.7. The fourth-order valence-electron chi connectivity index (χ4n) is 6.87. The van der Waals surface area contributed by atoms with Gasteiger partial charge in [-0.2, -0.15) is 0 Å². The molecule has 0 aliphatic carbocycles. The molecule has 1 aromatic carbocycles. The number of anilines is 1. The molecule has 234 valence electrons. The Labute approximate surface area is 269 Å². The van der Waals surface area contributed by atoms with Crippen molar-refractivity contribution < 1.29 is 14.3 Å². The van der Waals surface area contributed by atoms with E-state index in [0.717, 1.165) is 68.3 Å². The number of hydrogen-bond acceptors (Lipinski definition) is 9. The zero-order valence-corrected chi connectivity index (χ0v) is 27.0. The Hall–Kier alpha value is -2.98. The van der Waals surface area contributed by atoms with Crippen LogP contribution in [0.25, 0.3) is 11.3 Å². The first-order valence-electron chi connectivity index (χ1n) is 15.5. The van der Waals surface area contributed by atoms with E-state index in [1.54, 1.807) is 18.5 Å². The number of nitrogens with zero attached hydrogens (tertiary/aromatic N) is 6. The van der Waals surface area contributed by atoms with E-state index in [2.05, 4.69) is 37.8 Å². The summed E-state index contributed by atoms with van der Waals surface area (Å²) in [6.07, 6.45) is 9.49. The third-order valence-electron chi connectivity index (χ3n) is 9.39. The molecule has 44 heavy (non-hydrogen) atoms. The minimum Gasteiger partial charge on any atom is -0.469 e. The summed E-state index contributed by atoms with van der Waals surface area (Å²) in [4.78, 5) is 33.0. The van der Waals surface area contributed by atoms with E-state index in [-0.39, 0.29) is 5.97 Å². The van der Waals surface area contributed by atoms with Crippen LogP contribution >= 0.6 is 23.2 Å². The summed E-state index contributed by atoms with van der Waals surface area (Å²) in [5.74, 6) is 1.95. The van der Waals surface area contributed by atoms with Gasteiger partial charge in [0.25, 0.3) is 0 Å². The van der Waals surface area contributed by atoms with Gasteiger partial charge >= 0.3 is 5.97 Å². The maximum absolute atomic E-state index is 11.7. The summed E-state index contributed by atoms with van der Waals surface area (Å²) in [7, 11) is 3.67. The van der Waals surface area contributed by atoms with Crippen molar-refractivity contribution >= 4 is 35.1 Å². The van der Waals surface area contributed by atoms with Crippen molar-refractivity contribution in [2.24, 2.45) is 11.3 Å². The van der Waals surface area contributed by atoms with Crippen molar-refractivity contribution in [2.75, 3.05) is 58.3 Å². The number of benzene rings is 1. The van der Waals surface area contributed by atoms with Crippen LogP contribution in [-0.4, -0.2) is 84.1 Å². The Kier molecular flexibility index (Phi) is 9.56.